The summed E-state index contributed by atoms with van der Waals surface area (Å²) in [5.41, 5.74) is -1.12. The van der Waals surface area contributed by atoms with Crippen molar-refractivity contribution in [1.29, 1.82) is 0 Å². The molecule has 2 unspecified atom stereocenters. The lowest BCUT2D eigenvalue weighted by Gasteiger charge is -2.42. The smallest absolute Gasteiger partial charge is 0.239 e. The summed E-state index contributed by atoms with van der Waals surface area (Å²) >= 11 is 0. The number of ether oxygens (including phenoxy) is 4. The minimum atomic E-state index is -1.75. The molecule has 15 nitrogen and oxygen atoms in total. The van der Waals surface area contributed by atoms with Crippen LogP contribution in [0.4, 0.5) is 0 Å². The number of phenols is 4. The maximum absolute atomic E-state index is 13.6. The van der Waals surface area contributed by atoms with Crippen LogP contribution in [0, 0.1) is 0 Å². The third-order valence-electron chi connectivity index (χ3n) is 7.22. The molecule has 0 amide bonds. The predicted molar refractivity (Wildman–Crippen MR) is 139 cm³/mol. The molecule has 0 spiro atoms. The summed E-state index contributed by atoms with van der Waals surface area (Å²) in [5, 5.41) is 91.0. The minimum absolute atomic E-state index is 0.0427. The van der Waals surface area contributed by atoms with E-state index in [0.717, 1.165) is 24.3 Å². The van der Waals surface area contributed by atoms with Gasteiger partial charge in [0.05, 0.1) is 19.3 Å². The van der Waals surface area contributed by atoms with Crippen LogP contribution >= 0.6 is 0 Å². The van der Waals surface area contributed by atoms with Gasteiger partial charge in [0.15, 0.2) is 29.7 Å². The van der Waals surface area contributed by atoms with E-state index in [-0.39, 0.29) is 35.5 Å². The standard InChI is InChI=1S/C27H30O15/c1-9-24(22(36)23(37)27(40-9)39-8-17-20(34)19(33)15(32)7-38-17)42-26-21(35)18-14(31)5-11(28)6-16(18)41-25(26)10-2-3-12(29)13(30)4-10/h2-6,9,15,17,19-20,22-24,27-34,36-37H,7-8H2,1H3/t9?,15-,17?,19-,20+,22+,23-,24+,27-/m1/s1. The van der Waals surface area contributed by atoms with E-state index in [1.807, 2.05) is 0 Å². The van der Waals surface area contributed by atoms with Gasteiger partial charge in [0.1, 0.15) is 59.1 Å². The Hall–Kier alpha value is -3.67. The van der Waals surface area contributed by atoms with Crippen molar-refractivity contribution in [2.24, 2.45) is 0 Å². The summed E-state index contributed by atoms with van der Waals surface area (Å²) in [5.74, 6) is -2.91. The Kier molecular flexibility index (Phi) is 8.19. The number of hydrogen-bond donors (Lipinski definition) is 9. The van der Waals surface area contributed by atoms with Gasteiger partial charge in [-0.3, -0.25) is 4.79 Å². The zero-order valence-electron chi connectivity index (χ0n) is 22.0. The Morgan fingerprint density at radius 3 is 2.33 bits per heavy atom. The van der Waals surface area contributed by atoms with Gasteiger partial charge in [0.2, 0.25) is 11.2 Å². The lowest BCUT2D eigenvalue weighted by molar-refractivity contribution is -0.300. The van der Waals surface area contributed by atoms with Gasteiger partial charge in [-0.05, 0) is 25.1 Å². The molecule has 3 aromatic rings. The van der Waals surface area contributed by atoms with E-state index in [9.17, 15) is 50.8 Å². The number of rotatable bonds is 6. The highest BCUT2D eigenvalue weighted by Crippen LogP contribution is 2.39. The van der Waals surface area contributed by atoms with Crippen molar-refractivity contribution in [3.8, 4) is 40.1 Å². The number of fused-ring (bicyclic) bond motifs is 1. The average molecular weight is 595 g/mol. The molecule has 5 rings (SSSR count). The molecule has 15 heteroatoms. The Labute approximate surface area is 236 Å². The van der Waals surface area contributed by atoms with E-state index < -0.39 is 89.3 Å². The maximum Gasteiger partial charge on any atom is 0.239 e. The maximum atomic E-state index is 13.6. The third kappa shape index (κ3) is 5.44. The van der Waals surface area contributed by atoms with Crippen LogP contribution in [-0.2, 0) is 14.2 Å². The molecule has 9 atom stereocenters. The molecule has 0 aliphatic carbocycles. The fourth-order valence-corrected chi connectivity index (χ4v) is 4.88. The number of hydrogen-bond acceptors (Lipinski definition) is 15. The van der Waals surface area contributed by atoms with Crippen molar-refractivity contribution >= 4 is 11.0 Å². The topological polar surface area (TPSA) is 249 Å². The average Bonchev–Trinajstić information content (AvgIpc) is 2.93. The summed E-state index contributed by atoms with van der Waals surface area (Å²) in [7, 11) is 0. The summed E-state index contributed by atoms with van der Waals surface area (Å²) < 4.78 is 28.1. The van der Waals surface area contributed by atoms with Gasteiger partial charge in [-0.2, -0.15) is 0 Å². The van der Waals surface area contributed by atoms with Gasteiger partial charge in [-0.15, -0.1) is 0 Å². The van der Waals surface area contributed by atoms with E-state index in [0.29, 0.717) is 0 Å². The Morgan fingerprint density at radius 1 is 0.881 bits per heavy atom. The molecular weight excluding hydrogens is 564 g/mol. The van der Waals surface area contributed by atoms with Gasteiger partial charge in [-0.25, -0.2) is 0 Å². The van der Waals surface area contributed by atoms with Crippen molar-refractivity contribution in [2.45, 2.75) is 62.0 Å². The first-order valence-electron chi connectivity index (χ1n) is 12.9. The van der Waals surface area contributed by atoms with Crippen LogP contribution < -0.4 is 10.2 Å². The van der Waals surface area contributed by atoms with Gasteiger partial charge >= 0.3 is 0 Å². The largest absolute Gasteiger partial charge is 0.508 e. The van der Waals surface area contributed by atoms with E-state index in [1.54, 1.807) is 0 Å². The molecular formula is C27H30O15. The minimum Gasteiger partial charge on any atom is -0.508 e. The lowest BCUT2D eigenvalue weighted by atomic mass is 9.98. The summed E-state index contributed by atoms with van der Waals surface area (Å²) in [4.78, 5) is 13.6. The first-order chi connectivity index (χ1) is 19.9. The summed E-state index contributed by atoms with van der Waals surface area (Å²) in [6.45, 7) is 0.804. The number of aliphatic hydroxyl groups is 5. The highest BCUT2D eigenvalue weighted by atomic mass is 16.7. The van der Waals surface area contributed by atoms with E-state index in [4.69, 9.17) is 23.4 Å². The van der Waals surface area contributed by atoms with Crippen LogP contribution in [0.3, 0.4) is 0 Å². The van der Waals surface area contributed by atoms with Gasteiger partial charge < -0.3 is 69.3 Å². The van der Waals surface area contributed by atoms with Crippen molar-refractivity contribution in [3.63, 3.8) is 0 Å². The molecule has 0 saturated carbocycles. The Bertz CT molecular complexity index is 1510. The normalized spacial score (nSPS) is 31.7. The highest BCUT2D eigenvalue weighted by Gasteiger charge is 2.46. The molecule has 0 radical (unpaired) electrons. The number of phenolic OH excluding ortho intramolecular Hbond substituents is 4. The summed E-state index contributed by atoms with van der Waals surface area (Å²) in [6, 6.07) is 5.47. The zero-order valence-corrected chi connectivity index (χ0v) is 22.0. The van der Waals surface area contributed by atoms with Crippen LogP contribution in [0.5, 0.6) is 28.7 Å². The van der Waals surface area contributed by atoms with Crippen LogP contribution in [0.2, 0.25) is 0 Å². The molecule has 2 saturated heterocycles. The number of aromatic hydroxyl groups is 4. The molecule has 2 aromatic carbocycles. The molecule has 1 aromatic heterocycles. The van der Waals surface area contributed by atoms with Crippen molar-refractivity contribution < 1.29 is 69.3 Å². The van der Waals surface area contributed by atoms with Crippen molar-refractivity contribution in [2.75, 3.05) is 13.2 Å². The molecule has 9 N–H and O–H groups in total. The SMILES string of the molecule is CC1O[C@@H](OCC2OC[C@@H](O)[C@@H](O)[C@H]2O)[C@H](O)[C@H](O)[C@H]1Oc1c(-c2ccc(O)c(O)c2)oc2cc(O)cc(O)c2c1=O. The van der Waals surface area contributed by atoms with Crippen LogP contribution in [-0.4, -0.2) is 114 Å². The molecule has 228 valence electrons. The first-order valence-corrected chi connectivity index (χ1v) is 12.9. The molecule has 0 bridgehead atoms. The van der Waals surface area contributed by atoms with Crippen LogP contribution in [0.15, 0.2) is 39.5 Å². The lowest BCUT2D eigenvalue weighted by Crippen LogP contribution is -2.60. The van der Waals surface area contributed by atoms with Crippen molar-refractivity contribution in [1.82, 2.24) is 0 Å². The fourth-order valence-electron chi connectivity index (χ4n) is 4.88. The molecule has 2 aliphatic rings. The van der Waals surface area contributed by atoms with Gasteiger partial charge in [0.25, 0.3) is 0 Å². The van der Waals surface area contributed by atoms with Gasteiger partial charge in [0, 0.05) is 17.7 Å². The van der Waals surface area contributed by atoms with E-state index in [1.165, 1.54) is 13.0 Å². The monoisotopic (exact) mass is 594 g/mol. The first kappa shape index (κ1) is 29.8. The van der Waals surface area contributed by atoms with Gasteiger partial charge in [-0.1, -0.05) is 0 Å². The Morgan fingerprint density at radius 2 is 1.62 bits per heavy atom. The zero-order chi connectivity index (χ0) is 30.5. The summed E-state index contributed by atoms with van der Waals surface area (Å²) in [6.07, 6.45) is -12.7. The van der Waals surface area contributed by atoms with Crippen molar-refractivity contribution in [3.05, 3.63) is 40.6 Å². The second-order valence-electron chi connectivity index (χ2n) is 10.2. The second-order valence-corrected chi connectivity index (χ2v) is 10.2. The molecule has 42 heavy (non-hydrogen) atoms. The third-order valence-corrected chi connectivity index (χ3v) is 7.22. The molecule has 2 aliphatic heterocycles. The van der Waals surface area contributed by atoms with E-state index >= 15 is 0 Å². The molecule has 2 fully saturated rings. The second kappa shape index (κ2) is 11.5. The number of benzene rings is 2. The quantitative estimate of drug-likeness (QED) is 0.155. The Balaban J connectivity index is 1.43. The number of aliphatic hydroxyl groups excluding tert-OH is 5. The molecule has 3 heterocycles. The predicted octanol–water partition coefficient (Wildman–Crippen LogP) is -1.01. The fraction of sp³-hybridized carbons (Fsp3) is 0.444. The van der Waals surface area contributed by atoms with E-state index in [2.05, 4.69) is 0 Å². The highest BCUT2D eigenvalue weighted by molar-refractivity contribution is 5.88. The van der Waals surface area contributed by atoms with Crippen LogP contribution in [0.1, 0.15) is 6.92 Å². The van der Waals surface area contributed by atoms with Crippen LogP contribution in [0.25, 0.3) is 22.3 Å².